The maximum absolute atomic E-state index is 12.2. The van der Waals surface area contributed by atoms with Crippen molar-refractivity contribution in [3.63, 3.8) is 0 Å². The Hall–Kier alpha value is -1.85. The first kappa shape index (κ1) is 23.2. The first-order valence-electron chi connectivity index (χ1n) is 8.94. The maximum atomic E-state index is 12.2. The molecule has 1 aliphatic rings. The van der Waals surface area contributed by atoms with E-state index >= 15 is 0 Å². The number of hydrogen-bond donors (Lipinski definition) is 1. The second-order valence-corrected chi connectivity index (χ2v) is 6.50. The minimum absolute atomic E-state index is 0. The van der Waals surface area contributed by atoms with Crippen molar-refractivity contribution < 1.29 is 4.79 Å². The summed E-state index contributed by atoms with van der Waals surface area (Å²) in [6, 6.07) is 0. The zero-order chi connectivity index (χ0) is 19.1. The van der Waals surface area contributed by atoms with E-state index in [4.69, 9.17) is 0 Å². The minimum atomic E-state index is -0.0875. The van der Waals surface area contributed by atoms with Gasteiger partial charge in [0.2, 0.25) is 5.91 Å². The summed E-state index contributed by atoms with van der Waals surface area (Å²) in [4.78, 5) is 38.4. The number of aliphatic imine (C=N–C) groups is 1. The molecule has 0 saturated carbocycles. The van der Waals surface area contributed by atoms with E-state index in [9.17, 15) is 9.59 Å². The number of likely N-dealkylation sites (N-methyl/N-ethyl adjacent to an activating group) is 1. The molecule has 27 heavy (non-hydrogen) atoms. The molecule has 1 aliphatic heterocycles. The lowest BCUT2D eigenvalue weighted by molar-refractivity contribution is -0.127. The molecule has 152 valence electrons. The van der Waals surface area contributed by atoms with E-state index in [0.29, 0.717) is 32.0 Å². The van der Waals surface area contributed by atoms with Crippen LogP contribution in [0.4, 0.5) is 5.82 Å². The summed E-state index contributed by atoms with van der Waals surface area (Å²) in [7, 11) is 5.18. The quantitative estimate of drug-likeness (QED) is 0.354. The fourth-order valence-electron chi connectivity index (χ4n) is 2.62. The van der Waals surface area contributed by atoms with Crippen LogP contribution in [0.15, 0.2) is 22.2 Å². The third-order valence-electron chi connectivity index (χ3n) is 4.27. The number of guanidine groups is 1. The summed E-state index contributed by atoms with van der Waals surface area (Å²) in [6.45, 7) is 5.80. The molecule has 1 amide bonds. The van der Waals surface area contributed by atoms with Gasteiger partial charge in [-0.2, -0.15) is 0 Å². The van der Waals surface area contributed by atoms with Gasteiger partial charge in [-0.3, -0.25) is 9.59 Å². The summed E-state index contributed by atoms with van der Waals surface area (Å²) >= 11 is 0. The van der Waals surface area contributed by atoms with Gasteiger partial charge in [0.05, 0.1) is 0 Å². The Labute approximate surface area is 177 Å². The normalized spacial score (nSPS) is 14.6. The van der Waals surface area contributed by atoms with Crippen molar-refractivity contribution in [1.29, 1.82) is 0 Å². The number of nitrogens with one attached hydrogen (secondary N) is 1. The highest BCUT2D eigenvalue weighted by Gasteiger charge is 2.22. The van der Waals surface area contributed by atoms with Gasteiger partial charge in [-0.05, 0) is 6.42 Å². The lowest BCUT2D eigenvalue weighted by atomic mass is 10.3. The summed E-state index contributed by atoms with van der Waals surface area (Å²) in [5, 5.41) is 3.31. The van der Waals surface area contributed by atoms with Crippen LogP contribution < -0.4 is 15.8 Å². The Morgan fingerprint density at radius 1 is 1.30 bits per heavy atom. The number of aromatic nitrogens is 2. The van der Waals surface area contributed by atoms with Crippen LogP contribution in [0.5, 0.6) is 0 Å². The predicted molar refractivity (Wildman–Crippen MR) is 118 cm³/mol. The van der Waals surface area contributed by atoms with Crippen LogP contribution in [0.2, 0.25) is 0 Å². The van der Waals surface area contributed by atoms with Crippen molar-refractivity contribution in [2.24, 2.45) is 12.0 Å². The SMILES string of the molecule is CCCNC(=NCC(=O)N(C)C)N1CCN(c2nccn(C)c2=O)CC1.I. The van der Waals surface area contributed by atoms with Gasteiger partial charge in [-0.1, -0.05) is 6.92 Å². The Morgan fingerprint density at radius 2 is 1.96 bits per heavy atom. The highest BCUT2D eigenvalue weighted by atomic mass is 127. The highest BCUT2D eigenvalue weighted by molar-refractivity contribution is 14.0. The van der Waals surface area contributed by atoms with E-state index in [0.717, 1.165) is 18.9 Å². The molecule has 1 saturated heterocycles. The number of rotatable bonds is 5. The van der Waals surface area contributed by atoms with E-state index < -0.39 is 0 Å². The molecule has 0 radical (unpaired) electrons. The minimum Gasteiger partial charge on any atom is -0.356 e. The van der Waals surface area contributed by atoms with Crippen LogP contribution >= 0.6 is 24.0 Å². The molecule has 0 bridgehead atoms. The number of nitrogens with zero attached hydrogens (tertiary/aromatic N) is 6. The van der Waals surface area contributed by atoms with Gasteiger partial charge in [0, 0.05) is 66.3 Å². The molecule has 0 unspecified atom stereocenters. The molecular formula is C17H30IN7O2. The van der Waals surface area contributed by atoms with Crippen molar-refractivity contribution in [3.05, 3.63) is 22.7 Å². The van der Waals surface area contributed by atoms with E-state index in [1.165, 1.54) is 9.47 Å². The number of amides is 1. The number of aryl methyl sites for hydroxylation is 1. The molecule has 2 heterocycles. The molecule has 1 aromatic rings. The first-order valence-corrected chi connectivity index (χ1v) is 8.94. The summed E-state index contributed by atoms with van der Waals surface area (Å²) in [6.07, 6.45) is 4.28. The van der Waals surface area contributed by atoms with Crippen molar-refractivity contribution >= 4 is 41.7 Å². The summed E-state index contributed by atoms with van der Waals surface area (Å²) in [5.74, 6) is 1.20. The van der Waals surface area contributed by atoms with Crippen LogP contribution in [0, 0.1) is 0 Å². The molecule has 1 fully saturated rings. The fraction of sp³-hybridized carbons (Fsp3) is 0.647. The third-order valence-corrected chi connectivity index (χ3v) is 4.27. The molecule has 10 heteroatoms. The summed E-state index contributed by atoms with van der Waals surface area (Å²) < 4.78 is 1.54. The molecule has 9 nitrogen and oxygen atoms in total. The second kappa shape index (κ2) is 11.1. The Kier molecular flexibility index (Phi) is 9.53. The molecular weight excluding hydrogens is 461 g/mol. The number of carbonyl (C=O) groups is 1. The number of halogens is 1. The zero-order valence-electron chi connectivity index (χ0n) is 16.5. The van der Waals surface area contributed by atoms with Crippen LogP contribution in [0.1, 0.15) is 13.3 Å². The third kappa shape index (κ3) is 6.36. The van der Waals surface area contributed by atoms with Gasteiger partial charge in [-0.25, -0.2) is 9.98 Å². The van der Waals surface area contributed by atoms with Gasteiger partial charge >= 0.3 is 0 Å². The Morgan fingerprint density at radius 3 is 2.56 bits per heavy atom. The first-order chi connectivity index (χ1) is 12.4. The van der Waals surface area contributed by atoms with E-state index in [1.807, 2.05) is 4.90 Å². The van der Waals surface area contributed by atoms with Crippen LogP contribution in [-0.2, 0) is 11.8 Å². The highest BCUT2D eigenvalue weighted by Crippen LogP contribution is 2.09. The average Bonchev–Trinajstić information content (AvgIpc) is 2.64. The standard InChI is InChI=1S/C17H29N7O2.HI/c1-5-6-19-17(20-13-14(25)21(2)3)24-11-9-23(10-12-24)15-16(26)22(4)8-7-18-15;/h7-8H,5-6,9-13H2,1-4H3,(H,19,20);1H. The van der Waals surface area contributed by atoms with Gasteiger partial charge in [0.25, 0.3) is 5.56 Å². The lowest BCUT2D eigenvalue weighted by Gasteiger charge is -2.36. The molecule has 0 spiro atoms. The predicted octanol–water partition coefficient (Wildman–Crippen LogP) is -0.0359. The average molecular weight is 491 g/mol. The molecule has 2 rings (SSSR count). The molecule has 1 N–H and O–H groups in total. The largest absolute Gasteiger partial charge is 0.356 e. The number of carbonyl (C=O) groups excluding carboxylic acids is 1. The molecule has 1 aromatic heterocycles. The fourth-order valence-corrected chi connectivity index (χ4v) is 2.62. The second-order valence-electron chi connectivity index (χ2n) is 6.50. The zero-order valence-corrected chi connectivity index (χ0v) is 18.8. The lowest BCUT2D eigenvalue weighted by Crippen LogP contribution is -2.54. The number of anilines is 1. The molecule has 0 aliphatic carbocycles. The number of hydrogen-bond acceptors (Lipinski definition) is 5. The topological polar surface area (TPSA) is 86.1 Å². The van der Waals surface area contributed by atoms with Gasteiger partial charge in [-0.15, -0.1) is 24.0 Å². The Balaban J connectivity index is 0.00000364. The van der Waals surface area contributed by atoms with Gasteiger partial charge in [0.1, 0.15) is 6.54 Å². The monoisotopic (exact) mass is 491 g/mol. The van der Waals surface area contributed by atoms with Crippen molar-refractivity contribution in [2.45, 2.75) is 13.3 Å². The summed E-state index contributed by atoms with van der Waals surface area (Å²) in [5.41, 5.74) is -0.0875. The molecule has 0 aromatic carbocycles. The van der Waals surface area contributed by atoms with Crippen molar-refractivity contribution in [1.82, 2.24) is 24.7 Å². The number of piperazine rings is 1. The van der Waals surface area contributed by atoms with Gasteiger partial charge in [0.15, 0.2) is 11.8 Å². The van der Waals surface area contributed by atoms with E-state index in [2.05, 4.69) is 27.1 Å². The van der Waals surface area contributed by atoms with Crippen LogP contribution in [0.3, 0.4) is 0 Å². The van der Waals surface area contributed by atoms with Crippen LogP contribution in [-0.4, -0.2) is 84.6 Å². The van der Waals surface area contributed by atoms with Crippen molar-refractivity contribution in [2.75, 3.05) is 58.3 Å². The van der Waals surface area contributed by atoms with Crippen molar-refractivity contribution in [3.8, 4) is 0 Å². The molecule has 0 atom stereocenters. The van der Waals surface area contributed by atoms with Crippen LogP contribution in [0.25, 0.3) is 0 Å². The van der Waals surface area contributed by atoms with E-state index in [-0.39, 0.29) is 42.0 Å². The Bertz CT molecular complexity index is 697. The van der Waals surface area contributed by atoms with Gasteiger partial charge < -0.3 is 24.6 Å². The van der Waals surface area contributed by atoms with E-state index in [1.54, 1.807) is 33.5 Å². The smallest absolute Gasteiger partial charge is 0.293 e. The maximum Gasteiger partial charge on any atom is 0.293 e.